The van der Waals surface area contributed by atoms with Crippen molar-refractivity contribution >= 4 is 40.3 Å². The summed E-state index contributed by atoms with van der Waals surface area (Å²) >= 11 is 0. The number of carbonyl (C=O) groups is 3. The summed E-state index contributed by atoms with van der Waals surface area (Å²) in [6, 6.07) is 21.7. The van der Waals surface area contributed by atoms with Gasteiger partial charge in [-0.3, -0.25) is 19.7 Å². The van der Waals surface area contributed by atoms with E-state index in [0.29, 0.717) is 46.2 Å². The normalized spacial score (nSPS) is 19.1. The average molecular weight is 580 g/mol. The predicted molar refractivity (Wildman–Crippen MR) is 155 cm³/mol. The highest BCUT2D eigenvalue weighted by Crippen LogP contribution is 2.34. The quantitative estimate of drug-likeness (QED) is 0.352. The number of ether oxygens (including phenoxy) is 1. The number of nitrogens with one attached hydrogen (secondary N) is 1. The topological polar surface area (TPSA) is 88.6 Å². The maximum Gasteiger partial charge on any atom is 0.272 e. The molecule has 0 radical (unpaired) electrons. The monoisotopic (exact) mass is 579 g/mol. The Bertz CT molecular complexity index is 1940. The highest BCUT2D eigenvalue weighted by molar-refractivity contribution is 6.05. The molecule has 43 heavy (non-hydrogen) atoms. The summed E-state index contributed by atoms with van der Waals surface area (Å²) in [7, 11) is 0. The number of nitrogens with zero attached hydrogens (tertiary/aromatic N) is 2. The second-order valence-corrected chi connectivity index (χ2v) is 11.3. The number of amides is 3. The zero-order valence-electron chi connectivity index (χ0n) is 23.1. The van der Waals surface area contributed by atoms with E-state index >= 15 is 0 Å². The molecule has 3 amide bonds. The summed E-state index contributed by atoms with van der Waals surface area (Å²) in [5, 5.41) is 4.31. The standard InChI is InChI=1S/C34H27F2N3O4/c35-34(36)16-23(25-15-22-4-1-2-6-27(22)37-28(25)17-34)14-20-8-10-21(11-9-20)19-43-30-7-3-5-24-26(30)18-39(33(24)42)29-12-13-31(40)38-32(29)41/h1-11,15,17,29H,12-14,16,18-19H2,(H,38,40,41). The van der Waals surface area contributed by atoms with Crippen LogP contribution in [0.3, 0.4) is 0 Å². The fourth-order valence-corrected chi connectivity index (χ4v) is 6.17. The van der Waals surface area contributed by atoms with Crippen LogP contribution in [-0.4, -0.2) is 39.6 Å². The van der Waals surface area contributed by atoms with Gasteiger partial charge in [-0.2, -0.15) is 0 Å². The van der Waals surface area contributed by atoms with Crippen molar-refractivity contribution < 1.29 is 27.9 Å². The van der Waals surface area contributed by atoms with Gasteiger partial charge in [-0.25, -0.2) is 13.8 Å². The lowest BCUT2D eigenvalue weighted by molar-refractivity contribution is -0.136. The first-order valence-corrected chi connectivity index (χ1v) is 14.2. The minimum absolute atomic E-state index is 0.191. The molecule has 1 atom stereocenters. The number of benzene rings is 3. The number of hydrogen-bond acceptors (Lipinski definition) is 5. The molecule has 3 aromatic carbocycles. The average Bonchev–Trinajstić information content (AvgIpc) is 3.32. The molecule has 7 nitrogen and oxygen atoms in total. The van der Waals surface area contributed by atoms with E-state index in [1.165, 1.54) is 4.90 Å². The van der Waals surface area contributed by atoms with Crippen LogP contribution in [0.15, 0.2) is 72.8 Å². The summed E-state index contributed by atoms with van der Waals surface area (Å²) in [4.78, 5) is 43.0. The number of carbonyl (C=O) groups excluding carboxylic acids is 3. The molecule has 2 aliphatic heterocycles. The number of para-hydroxylation sites is 1. The van der Waals surface area contributed by atoms with Gasteiger partial charge >= 0.3 is 0 Å². The van der Waals surface area contributed by atoms with E-state index in [1.807, 2.05) is 54.6 Å². The third-order valence-electron chi connectivity index (χ3n) is 8.31. The van der Waals surface area contributed by atoms with E-state index in [1.54, 1.807) is 18.2 Å². The molecule has 0 saturated carbocycles. The van der Waals surface area contributed by atoms with Gasteiger partial charge in [0, 0.05) is 40.6 Å². The Kier molecular flexibility index (Phi) is 6.53. The molecule has 1 aromatic heterocycles. The number of rotatable bonds is 6. The molecule has 0 bridgehead atoms. The molecule has 3 heterocycles. The third-order valence-corrected chi connectivity index (χ3v) is 8.31. The lowest BCUT2D eigenvalue weighted by atomic mass is 9.92. The number of alkyl halides is 2. The first-order chi connectivity index (χ1) is 20.7. The summed E-state index contributed by atoms with van der Waals surface area (Å²) in [5.74, 6) is -3.45. The van der Waals surface area contributed by atoms with Crippen molar-refractivity contribution in [1.82, 2.24) is 15.2 Å². The first-order valence-electron chi connectivity index (χ1n) is 14.2. The molecule has 9 heteroatoms. The summed E-state index contributed by atoms with van der Waals surface area (Å²) in [6.45, 7) is 0.466. The van der Waals surface area contributed by atoms with Crippen LogP contribution in [0.25, 0.3) is 22.6 Å². The zero-order valence-corrected chi connectivity index (χ0v) is 23.1. The lowest BCUT2D eigenvalue weighted by Crippen LogP contribution is -2.52. The number of aromatic nitrogens is 1. The Balaban J connectivity index is 1.07. The molecule has 1 fully saturated rings. The van der Waals surface area contributed by atoms with Crippen LogP contribution in [0.4, 0.5) is 8.78 Å². The van der Waals surface area contributed by atoms with Crippen molar-refractivity contribution in [3.05, 3.63) is 106 Å². The minimum Gasteiger partial charge on any atom is -0.489 e. The SMILES string of the molecule is O=C1CCC(N2Cc3c(OCc4ccc(CC5=c6cc7ccccc7nc6=CC(F)(F)C5)cc4)cccc3C2=O)C(=O)N1. The Hall–Kier alpha value is -4.92. The van der Waals surface area contributed by atoms with Gasteiger partial charge in [0.25, 0.3) is 11.8 Å². The van der Waals surface area contributed by atoms with E-state index in [9.17, 15) is 23.2 Å². The Morgan fingerprint density at radius 1 is 0.977 bits per heavy atom. The Labute approximate surface area is 245 Å². The van der Waals surface area contributed by atoms with Gasteiger partial charge in [-0.05, 0) is 48.2 Å². The highest BCUT2D eigenvalue weighted by atomic mass is 19.3. The van der Waals surface area contributed by atoms with Crippen LogP contribution in [0.2, 0.25) is 0 Å². The molecular weight excluding hydrogens is 552 g/mol. The fraction of sp³-hybridized carbons (Fsp3) is 0.235. The molecule has 0 spiro atoms. The first kappa shape index (κ1) is 26.9. The molecule has 7 rings (SSSR count). The smallest absolute Gasteiger partial charge is 0.272 e. The predicted octanol–water partition coefficient (Wildman–Crippen LogP) is 3.79. The second kappa shape index (κ2) is 10.4. The number of fused-ring (bicyclic) bond motifs is 3. The van der Waals surface area contributed by atoms with Crippen molar-refractivity contribution in [3.63, 3.8) is 0 Å². The molecular formula is C34H27F2N3O4. The van der Waals surface area contributed by atoms with Gasteiger partial charge in [0.2, 0.25) is 11.8 Å². The summed E-state index contributed by atoms with van der Waals surface area (Å²) in [6.07, 6.45) is 1.48. The number of halogens is 2. The van der Waals surface area contributed by atoms with Crippen LogP contribution in [0.5, 0.6) is 5.75 Å². The van der Waals surface area contributed by atoms with Gasteiger partial charge in [-0.1, -0.05) is 54.1 Å². The van der Waals surface area contributed by atoms with Gasteiger partial charge in [-0.15, -0.1) is 0 Å². The second-order valence-electron chi connectivity index (χ2n) is 11.3. The van der Waals surface area contributed by atoms with E-state index in [-0.39, 0.29) is 37.8 Å². The summed E-state index contributed by atoms with van der Waals surface area (Å²) < 4.78 is 35.4. The molecule has 4 aromatic rings. The molecule has 1 aliphatic carbocycles. The van der Waals surface area contributed by atoms with Crippen LogP contribution >= 0.6 is 0 Å². The Morgan fingerprint density at radius 3 is 2.58 bits per heavy atom. The number of piperidine rings is 1. The molecule has 1 saturated heterocycles. The largest absolute Gasteiger partial charge is 0.489 e. The molecule has 3 aliphatic rings. The van der Waals surface area contributed by atoms with Crippen molar-refractivity contribution in [2.45, 2.75) is 50.8 Å². The maximum absolute atomic E-state index is 14.7. The van der Waals surface area contributed by atoms with Crippen molar-refractivity contribution in [3.8, 4) is 5.75 Å². The minimum atomic E-state index is -2.96. The zero-order chi connectivity index (χ0) is 29.7. The fourth-order valence-electron chi connectivity index (χ4n) is 6.17. The van der Waals surface area contributed by atoms with Crippen molar-refractivity contribution in [2.24, 2.45) is 0 Å². The van der Waals surface area contributed by atoms with Crippen LogP contribution < -0.4 is 20.6 Å². The molecule has 216 valence electrons. The van der Waals surface area contributed by atoms with Gasteiger partial charge in [0.05, 0.1) is 17.4 Å². The maximum atomic E-state index is 14.7. The van der Waals surface area contributed by atoms with Crippen molar-refractivity contribution in [2.75, 3.05) is 0 Å². The van der Waals surface area contributed by atoms with Crippen molar-refractivity contribution in [1.29, 1.82) is 0 Å². The van der Waals surface area contributed by atoms with E-state index in [2.05, 4.69) is 10.3 Å². The van der Waals surface area contributed by atoms with E-state index in [0.717, 1.165) is 27.8 Å². The van der Waals surface area contributed by atoms with Crippen LogP contribution in [0.1, 0.15) is 46.3 Å². The molecule has 1 N–H and O–H groups in total. The Morgan fingerprint density at radius 2 is 1.77 bits per heavy atom. The summed E-state index contributed by atoms with van der Waals surface area (Å²) in [5.41, 5.74) is 4.32. The lowest BCUT2D eigenvalue weighted by Gasteiger charge is -2.29. The van der Waals surface area contributed by atoms with Crippen LogP contribution in [0, 0.1) is 0 Å². The molecule has 1 unspecified atom stereocenters. The van der Waals surface area contributed by atoms with E-state index in [4.69, 9.17) is 4.74 Å². The number of hydrogen-bond donors (Lipinski definition) is 1. The van der Waals surface area contributed by atoms with Crippen LogP contribution in [-0.2, 0) is 29.2 Å². The number of pyridine rings is 1. The van der Waals surface area contributed by atoms with E-state index < -0.39 is 17.9 Å². The highest BCUT2D eigenvalue weighted by Gasteiger charge is 2.40. The van der Waals surface area contributed by atoms with Gasteiger partial charge in [0.15, 0.2) is 0 Å². The van der Waals surface area contributed by atoms with Gasteiger partial charge < -0.3 is 9.64 Å². The number of imide groups is 1. The third kappa shape index (κ3) is 5.16. The van der Waals surface area contributed by atoms with Gasteiger partial charge in [0.1, 0.15) is 18.4 Å².